The summed E-state index contributed by atoms with van der Waals surface area (Å²) in [4.78, 5) is 41.6. The van der Waals surface area contributed by atoms with Gasteiger partial charge in [-0.2, -0.15) is 0 Å². The molecule has 0 unspecified atom stereocenters. The van der Waals surface area contributed by atoms with Crippen molar-refractivity contribution in [2.45, 2.75) is 25.8 Å². The molecule has 162 valence electrons. The third-order valence-electron chi connectivity index (χ3n) is 6.37. The van der Waals surface area contributed by atoms with E-state index in [2.05, 4.69) is 6.08 Å². The molecule has 1 spiro atoms. The number of allylic oxidation sites excluding steroid dienone is 1. The molecule has 6 nitrogen and oxygen atoms in total. The van der Waals surface area contributed by atoms with Gasteiger partial charge in [0.25, 0.3) is 5.91 Å². The van der Waals surface area contributed by atoms with Crippen molar-refractivity contribution in [2.75, 3.05) is 19.6 Å². The summed E-state index contributed by atoms with van der Waals surface area (Å²) in [6, 6.07) is 9.18. The maximum Gasteiger partial charge on any atom is 0.255 e. The Kier molecular flexibility index (Phi) is 5.76. The number of piperidine rings is 1. The summed E-state index contributed by atoms with van der Waals surface area (Å²) >= 11 is 0. The van der Waals surface area contributed by atoms with Gasteiger partial charge in [-0.25, -0.2) is 4.39 Å². The number of carbonyl (C=O) groups is 2. The minimum atomic E-state index is -0.520. The van der Waals surface area contributed by atoms with E-state index in [1.54, 1.807) is 36.3 Å². The van der Waals surface area contributed by atoms with E-state index < -0.39 is 5.41 Å². The lowest BCUT2D eigenvalue weighted by Crippen LogP contribution is -2.50. The SMILES string of the molecule is Cn1cc(C(=O)N2CCC3(CC=CCN(Cc4ccc(F)cc4)C3=O)CC2)ccc1=O. The van der Waals surface area contributed by atoms with Crippen molar-refractivity contribution in [3.8, 4) is 0 Å². The number of hydrogen-bond acceptors (Lipinski definition) is 3. The van der Waals surface area contributed by atoms with Crippen molar-refractivity contribution >= 4 is 11.8 Å². The summed E-state index contributed by atoms with van der Waals surface area (Å²) in [6.07, 6.45) is 7.47. The molecule has 4 rings (SSSR count). The van der Waals surface area contributed by atoms with Crippen molar-refractivity contribution in [3.63, 3.8) is 0 Å². The molecule has 7 heteroatoms. The average Bonchev–Trinajstić information content (AvgIpc) is 2.92. The number of halogens is 1. The lowest BCUT2D eigenvalue weighted by Gasteiger charge is -2.42. The molecule has 0 saturated carbocycles. The highest BCUT2D eigenvalue weighted by molar-refractivity contribution is 5.94. The van der Waals surface area contributed by atoms with E-state index in [1.807, 2.05) is 11.0 Å². The first-order valence-electron chi connectivity index (χ1n) is 10.5. The summed E-state index contributed by atoms with van der Waals surface area (Å²) in [7, 11) is 1.62. The highest BCUT2D eigenvalue weighted by Crippen LogP contribution is 2.39. The van der Waals surface area contributed by atoms with E-state index in [1.165, 1.54) is 22.8 Å². The van der Waals surface area contributed by atoms with Gasteiger partial charge < -0.3 is 14.4 Å². The van der Waals surface area contributed by atoms with Gasteiger partial charge in [0.15, 0.2) is 0 Å². The molecule has 0 N–H and O–H groups in total. The second-order valence-corrected chi connectivity index (χ2v) is 8.43. The quantitative estimate of drug-likeness (QED) is 0.714. The number of nitrogens with zero attached hydrogens (tertiary/aromatic N) is 3. The van der Waals surface area contributed by atoms with Crippen LogP contribution < -0.4 is 5.56 Å². The van der Waals surface area contributed by atoms with Crippen molar-refractivity contribution in [1.29, 1.82) is 0 Å². The van der Waals surface area contributed by atoms with Crippen LogP contribution in [0.25, 0.3) is 0 Å². The first-order valence-corrected chi connectivity index (χ1v) is 10.5. The van der Waals surface area contributed by atoms with Crippen LogP contribution in [0.2, 0.25) is 0 Å². The maximum absolute atomic E-state index is 13.5. The smallest absolute Gasteiger partial charge is 0.255 e. The summed E-state index contributed by atoms with van der Waals surface area (Å²) in [6.45, 7) is 1.95. The third kappa shape index (κ3) is 4.31. The van der Waals surface area contributed by atoms with Gasteiger partial charge >= 0.3 is 0 Å². The van der Waals surface area contributed by atoms with Crippen LogP contribution in [0.4, 0.5) is 4.39 Å². The van der Waals surface area contributed by atoms with Crippen molar-refractivity contribution in [3.05, 3.63) is 82.0 Å². The summed E-state index contributed by atoms with van der Waals surface area (Å²) in [5.41, 5.74) is 0.685. The molecule has 0 bridgehead atoms. The molecule has 2 amide bonds. The molecular formula is C24H26FN3O3. The van der Waals surface area contributed by atoms with Crippen molar-refractivity contribution < 1.29 is 14.0 Å². The molecular weight excluding hydrogens is 397 g/mol. The van der Waals surface area contributed by atoms with Gasteiger partial charge in [0, 0.05) is 45.5 Å². The normalized spacial score (nSPS) is 18.3. The van der Waals surface area contributed by atoms with Gasteiger partial charge in [0.05, 0.1) is 11.0 Å². The van der Waals surface area contributed by atoms with Crippen LogP contribution in [-0.4, -0.2) is 45.8 Å². The minimum absolute atomic E-state index is 0.0935. The van der Waals surface area contributed by atoms with E-state index >= 15 is 0 Å². The molecule has 0 radical (unpaired) electrons. The molecule has 2 aliphatic rings. The highest BCUT2D eigenvalue weighted by Gasteiger charge is 2.44. The predicted molar refractivity (Wildman–Crippen MR) is 115 cm³/mol. The second-order valence-electron chi connectivity index (χ2n) is 8.43. The Hall–Kier alpha value is -3.22. The number of hydrogen-bond donors (Lipinski definition) is 0. The fourth-order valence-corrected chi connectivity index (χ4v) is 4.42. The van der Waals surface area contributed by atoms with E-state index in [4.69, 9.17) is 0 Å². The van der Waals surface area contributed by atoms with Gasteiger partial charge in [-0.05, 0) is 43.0 Å². The first kappa shape index (κ1) is 21.0. The van der Waals surface area contributed by atoms with E-state index in [-0.39, 0.29) is 23.2 Å². The summed E-state index contributed by atoms with van der Waals surface area (Å²) in [5.74, 6) is -0.320. The number of aryl methyl sites for hydroxylation is 1. The van der Waals surface area contributed by atoms with E-state index in [0.717, 1.165) is 5.56 Å². The fourth-order valence-electron chi connectivity index (χ4n) is 4.42. The zero-order chi connectivity index (χ0) is 22.0. The van der Waals surface area contributed by atoms with Crippen LogP contribution in [0.15, 0.2) is 59.5 Å². The Balaban J connectivity index is 1.46. The Labute approximate surface area is 180 Å². The molecule has 2 aromatic rings. The molecule has 31 heavy (non-hydrogen) atoms. The number of likely N-dealkylation sites (tertiary alicyclic amines) is 1. The molecule has 1 fully saturated rings. The average molecular weight is 423 g/mol. The largest absolute Gasteiger partial charge is 0.339 e. The molecule has 1 aromatic heterocycles. The standard InChI is InChI=1S/C24H26FN3O3/c1-26-17-19(6-9-21(26)29)22(30)27-14-11-24(12-15-27)10-2-3-13-28(23(24)31)16-18-4-7-20(25)8-5-18/h2-9,17H,10-16H2,1H3. The molecule has 0 aliphatic carbocycles. The number of benzene rings is 1. The number of carbonyl (C=O) groups excluding carboxylic acids is 2. The topological polar surface area (TPSA) is 62.6 Å². The van der Waals surface area contributed by atoms with Crippen LogP contribution in [0.1, 0.15) is 35.2 Å². The minimum Gasteiger partial charge on any atom is -0.339 e. The summed E-state index contributed by atoms with van der Waals surface area (Å²) in [5, 5.41) is 0. The Bertz CT molecular complexity index is 1070. The number of amides is 2. The summed E-state index contributed by atoms with van der Waals surface area (Å²) < 4.78 is 14.6. The number of pyridine rings is 1. The monoisotopic (exact) mass is 423 g/mol. The van der Waals surface area contributed by atoms with Crippen LogP contribution in [0.5, 0.6) is 0 Å². The molecule has 1 aromatic carbocycles. The third-order valence-corrected chi connectivity index (χ3v) is 6.37. The van der Waals surface area contributed by atoms with Gasteiger partial charge in [-0.1, -0.05) is 24.3 Å². The number of rotatable bonds is 3. The second kappa shape index (κ2) is 8.49. The van der Waals surface area contributed by atoms with Gasteiger partial charge in [-0.3, -0.25) is 14.4 Å². The Morgan fingerprint density at radius 2 is 1.74 bits per heavy atom. The van der Waals surface area contributed by atoms with Gasteiger partial charge in [0.1, 0.15) is 5.82 Å². The molecule has 1 saturated heterocycles. The molecule has 2 aliphatic heterocycles. The van der Waals surface area contributed by atoms with Crippen LogP contribution in [0, 0.1) is 11.2 Å². The Morgan fingerprint density at radius 3 is 2.42 bits per heavy atom. The number of aromatic nitrogens is 1. The lowest BCUT2D eigenvalue weighted by molar-refractivity contribution is -0.144. The van der Waals surface area contributed by atoms with Crippen LogP contribution in [-0.2, 0) is 18.4 Å². The predicted octanol–water partition coefficient (Wildman–Crippen LogP) is 2.74. The zero-order valence-corrected chi connectivity index (χ0v) is 17.6. The van der Waals surface area contributed by atoms with Gasteiger partial charge in [0.2, 0.25) is 11.5 Å². The molecule has 3 heterocycles. The van der Waals surface area contributed by atoms with Crippen LogP contribution in [0.3, 0.4) is 0 Å². The van der Waals surface area contributed by atoms with Crippen LogP contribution >= 0.6 is 0 Å². The maximum atomic E-state index is 13.5. The molecule has 0 atom stereocenters. The highest BCUT2D eigenvalue weighted by atomic mass is 19.1. The first-order chi connectivity index (χ1) is 14.9. The Morgan fingerprint density at radius 1 is 1.03 bits per heavy atom. The van der Waals surface area contributed by atoms with Gasteiger partial charge in [-0.15, -0.1) is 0 Å². The van der Waals surface area contributed by atoms with Crippen molar-refractivity contribution in [2.24, 2.45) is 12.5 Å². The zero-order valence-electron chi connectivity index (χ0n) is 17.6. The lowest BCUT2D eigenvalue weighted by atomic mass is 9.74. The van der Waals surface area contributed by atoms with E-state index in [0.29, 0.717) is 51.0 Å². The van der Waals surface area contributed by atoms with E-state index in [9.17, 15) is 18.8 Å². The van der Waals surface area contributed by atoms with Crippen molar-refractivity contribution in [1.82, 2.24) is 14.4 Å². The fraction of sp³-hybridized carbons (Fsp3) is 0.375.